The van der Waals surface area contributed by atoms with Crippen LogP contribution in [0, 0.1) is 12.8 Å². The van der Waals surface area contributed by atoms with Crippen molar-refractivity contribution in [2.45, 2.75) is 26.8 Å². The van der Waals surface area contributed by atoms with Crippen LogP contribution in [0.5, 0.6) is 0 Å². The molecule has 0 saturated carbocycles. The van der Waals surface area contributed by atoms with E-state index in [1.54, 1.807) is 24.3 Å². The largest absolute Gasteiger partial charge is 0.340 e. The lowest BCUT2D eigenvalue weighted by Crippen LogP contribution is -2.47. The molecule has 2 aromatic carbocycles. The first kappa shape index (κ1) is 16.7. The summed E-state index contributed by atoms with van der Waals surface area (Å²) < 4.78 is 0. The summed E-state index contributed by atoms with van der Waals surface area (Å²) in [5, 5.41) is 5.72. The van der Waals surface area contributed by atoms with Gasteiger partial charge >= 0.3 is 0 Å². The fourth-order valence-electron chi connectivity index (χ4n) is 2.27. The number of nitrogens with one attached hydrogen (secondary N) is 2. The Morgan fingerprint density at radius 3 is 2.13 bits per heavy atom. The molecule has 0 heterocycles. The highest BCUT2D eigenvalue weighted by molar-refractivity contribution is 6.01. The molecule has 23 heavy (non-hydrogen) atoms. The Kier molecular flexibility index (Phi) is 5.52. The van der Waals surface area contributed by atoms with E-state index in [4.69, 9.17) is 0 Å². The lowest BCUT2D eigenvalue weighted by atomic mass is 10.0. The van der Waals surface area contributed by atoms with Crippen LogP contribution in [-0.2, 0) is 4.79 Å². The van der Waals surface area contributed by atoms with Crippen LogP contribution < -0.4 is 10.6 Å². The maximum atomic E-state index is 12.5. The van der Waals surface area contributed by atoms with E-state index in [0.717, 1.165) is 11.3 Å². The molecule has 0 aromatic heterocycles. The van der Waals surface area contributed by atoms with Gasteiger partial charge in [0, 0.05) is 11.3 Å². The Balaban J connectivity index is 2.10. The van der Waals surface area contributed by atoms with Crippen LogP contribution in [0.2, 0.25) is 0 Å². The van der Waals surface area contributed by atoms with Gasteiger partial charge < -0.3 is 10.6 Å². The SMILES string of the molecule is Cc1ccccc1NC(=O)[C@@H](NC(=O)c1ccccc1)C(C)C. The Labute approximate surface area is 136 Å². The first-order valence-electron chi connectivity index (χ1n) is 7.71. The highest BCUT2D eigenvalue weighted by Crippen LogP contribution is 2.15. The van der Waals surface area contributed by atoms with E-state index in [1.807, 2.05) is 51.1 Å². The van der Waals surface area contributed by atoms with E-state index in [0.29, 0.717) is 5.56 Å². The van der Waals surface area contributed by atoms with Crippen molar-refractivity contribution in [1.82, 2.24) is 5.32 Å². The van der Waals surface area contributed by atoms with E-state index >= 15 is 0 Å². The van der Waals surface area contributed by atoms with Gasteiger partial charge in [-0.05, 0) is 36.6 Å². The number of hydrogen-bond acceptors (Lipinski definition) is 2. The summed E-state index contributed by atoms with van der Waals surface area (Å²) in [4.78, 5) is 24.8. The Morgan fingerprint density at radius 1 is 0.913 bits per heavy atom. The number of amides is 2. The van der Waals surface area contributed by atoms with Crippen molar-refractivity contribution in [1.29, 1.82) is 0 Å². The Hall–Kier alpha value is -2.62. The van der Waals surface area contributed by atoms with Crippen molar-refractivity contribution in [2.75, 3.05) is 5.32 Å². The fourth-order valence-corrected chi connectivity index (χ4v) is 2.27. The van der Waals surface area contributed by atoms with Crippen LogP contribution in [0.25, 0.3) is 0 Å². The van der Waals surface area contributed by atoms with E-state index in [2.05, 4.69) is 10.6 Å². The number of aryl methyl sites for hydroxylation is 1. The Morgan fingerprint density at radius 2 is 1.52 bits per heavy atom. The average Bonchev–Trinajstić information content (AvgIpc) is 2.55. The van der Waals surface area contributed by atoms with Gasteiger partial charge in [0.2, 0.25) is 5.91 Å². The number of para-hydroxylation sites is 1. The summed E-state index contributed by atoms with van der Waals surface area (Å²) >= 11 is 0. The lowest BCUT2D eigenvalue weighted by molar-refractivity contribution is -0.118. The standard InChI is InChI=1S/C19H22N2O2/c1-13(2)17(21-18(22)15-10-5-4-6-11-15)19(23)20-16-12-8-7-9-14(16)3/h4-13,17H,1-3H3,(H,20,23)(H,21,22)/t17-/m0/s1. The minimum absolute atomic E-state index is 0.0216. The smallest absolute Gasteiger partial charge is 0.251 e. The third kappa shape index (κ3) is 4.42. The van der Waals surface area contributed by atoms with Gasteiger partial charge in [-0.2, -0.15) is 0 Å². The summed E-state index contributed by atoms with van der Waals surface area (Å²) in [5.74, 6) is -0.477. The molecule has 4 heteroatoms. The molecule has 1 atom stereocenters. The van der Waals surface area contributed by atoms with Crippen LogP contribution in [0.4, 0.5) is 5.69 Å². The van der Waals surface area contributed by atoms with Crippen molar-refractivity contribution in [3.05, 3.63) is 65.7 Å². The molecule has 0 saturated heterocycles. The van der Waals surface area contributed by atoms with Crippen molar-refractivity contribution >= 4 is 17.5 Å². The summed E-state index contributed by atoms with van der Waals surface area (Å²) in [6.45, 7) is 5.75. The number of carbonyl (C=O) groups is 2. The zero-order valence-electron chi connectivity index (χ0n) is 13.7. The minimum atomic E-state index is -0.595. The molecular formula is C19H22N2O2. The summed E-state index contributed by atoms with van der Waals surface area (Å²) in [5.41, 5.74) is 2.29. The molecule has 0 bridgehead atoms. The van der Waals surface area contributed by atoms with Gasteiger partial charge in [-0.1, -0.05) is 50.2 Å². The molecule has 2 N–H and O–H groups in total. The molecule has 0 unspecified atom stereocenters. The van der Waals surface area contributed by atoms with E-state index in [1.165, 1.54) is 0 Å². The predicted octanol–water partition coefficient (Wildman–Crippen LogP) is 3.39. The topological polar surface area (TPSA) is 58.2 Å². The van der Waals surface area contributed by atoms with Crippen LogP contribution >= 0.6 is 0 Å². The average molecular weight is 310 g/mol. The zero-order valence-corrected chi connectivity index (χ0v) is 13.7. The van der Waals surface area contributed by atoms with E-state index in [9.17, 15) is 9.59 Å². The molecule has 0 spiro atoms. The Bertz CT molecular complexity index is 681. The van der Waals surface area contributed by atoms with E-state index < -0.39 is 6.04 Å². The number of rotatable bonds is 5. The van der Waals surface area contributed by atoms with Crippen molar-refractivity contribution in [3.63, 3.8) is 0 Å². The van der Waals surface area contributed by atoms with Crippen molar-refractivity contribution < 1.29 is 9.59 Å². The summed E-state index contributed by atoms with van der Waals surface area (Å²) in [7, 11) is 0. The number of anilines is 1. The van der Waals surface area contributed by atoms with Gasteiger partial charge in [0.15, 0.2) is 0 Å². The van der Waals surface area contributed by atoms with Crippen LogP contribution in [-0.4, -0.2) is 17.9 Å². The zero-order chi connectivity index (χ0) is 16.8. The van der Waals surface area contributed by atoms with Gasteiger partial charge in [0.25, 0.3) is 5.91 Å². The van der Waals surface area contributed by atoms with Crippen LogP contribution in [0.3, 0.4) is 0 Å². The quantitative estimate of drug-likeness (QED) is 0.889. The molecule has 0 radical (unpaired) electrons. The molecular weight excluding hydrogens is 288 g/mol. The second-order valence-corrected chi connectivity index (χ2v) is 5.87. The van der Waals surface area contributed by atoms with Crippen LogP contribution in [0.15, 0.2) is 54.6 Å². The summed E-state index contributed by atoms with van der Waals surface area (Å²) in [6.07, 6.45) is 0. The predicted molar refractivity (Wildman–Crippen MR) is 92.3 cm³/mol. The first-order valence-corrected chi connectivity index (χ1v) is 7.71. The monoisotopic (exact) mass is 310 g/mol. The molecule has 120 valence electrons. The second-order valence-electron chi connectivity index (χ2n) is 5.87. The molecule has 0 fully saturated rings. The van der Waals surface area contributed by atoms with Gasteiger partial charge in [0.1, 0.15) is 6.04 Å². The minimum Gasteiger partial charge on any atom is -0.340 e. The number of hydrogen-bond donors (Lipinski definition) is 2. The van der Waals surface area contributed by atoms with Gasteiger partial charge in [-0.15, -0.1) is 0 Å². The first-order chi connectivity index (χ1) is 11.0. The lowest BCUT2D eigenvalue weighted by Gasteiger charge is -2.22. The van der Waals surface area contributed by atoms with Gasteiger partial charge in [-0.25, -0.2) is 0 Å². The third-order valence-electron chi connectivity index (χ3n) is 3.67. The van der Waals surface area contributed by atoms with Gasteiger partial charge in [0.05, 0.1) is 0 Å². The summed E-state index contributed by atoms with van der Waals surface area (Å²) in [6, 6.07) is 15.9. The van der Waals surface area contributed by atoms with Crippen LogP contribution in [0.1, 0.15) is 29.8 Å². The highest BCUT2D eigenvalue weighted by Gasteiger charge is 2.25. The molecule has 2 amide bonds. The maximum Gasteiger partial charge on any atom is 0.251 e. The molecule has 0 aliphatic heterocycles. The second kappa shape index (κ2) is 7.58. The fraction of sp³-hybridized carbons (Fsp3) is 0.263. The highest BCUT2D eigenvalue weighted by atomic mass is 16.2. The normalized spacial score (nSPS) is 11.8. The van der Waals surface area contributed by atoms with Gasteiger partial charge in [-0.3, -0.25) is 9.59 Å². The maximum absolute atomic E-state index is 12.5. The molecule has 2 rings (SSSR count). The van der Waals surface area contributed by atoms with E-state index in [-0.39, 0.29) is 17.7 Å². The van der Waals surface area contributed by atoms with Crippen molar-refractivity contribution in [2.24, 2.45) is 5.92 Å². The van der Waals surface area contributed by atoms with Crippen molar-refractivity contribution in [3.8, 4) is 0 Å². The number of carbonyl (C=O) groups excluding carboxylic acids is 2. The number of benzene rings is 2. The molecule has 4 nitrogen and oxygen atoms in total. The molecule has 2 aromatic rings. The molecule has 0 aliphatic rings. The molecule has 0 aliphatic carbocycles. The third-order valence-corrected chi connectivity index (χ3v) is 3.67.